The Labute approximate surface area is 120 Å². The van der Waals surface area contributed by atoms with Gasteiger partial charge in [-0.25, -0.2) is 0 Å². The van der Waals surface area contributed by atoms with Crippen molar-refractivity contribution in [2.45, 2.75) is 25.9 Å². The van der Waals surface area contributed by atoms with E-state index in [4.69, 9.17) is 10.5 Å². The van der Waals surface area contributed by atoms with Gasteiger partial charge in [0.2, 0.25) is 0 Å². The number of benzene rings is 1. The van der Waals surface area contributed by atoms with Crippen molar-refractivity contribution < 1.29 is 9.53 Å². The summed E-state index contributed by atoms with van der Waals surface area (Å²) < 4.78 is 5.44. The number of hydrogen-bond donors (Lipinski definition) is 2. The van der Waals surface area contributed by atoms with E-state index in [1.54, 1.807) is 19.2 Å². The van der Waals surface area contributed by atoms with Gasteiger partial charge in [-0.05, 0) is 38.0 Å². The van der Waals surface area contributed by atoms with Gasteiger partial charge in [-0.2, -0.15) is 0 Å². The number of anilines is 2. The number of nitrogens with one attached hydrogen (secondary N) is 1. The molecule has 5 heteroatoms. The van der Waals surface area contributed by atoms with E-state index >= 15 is 0 Å². The van der Waals surface area contributed by atoms with E-state index in [9.17, 15) is 4.79 Å². The van der Waals surface area contributed by atoms with Crippen molar-refractivity contribution in [1.29, 1.82) is 0 Å². The summed E-state index contributed by atoms with van der Waals surface area (Å²) in [6.45, 7) is 4.29. The lowest BCUT2D eigenvalue weighted by Gasteiger charge is -2.34. The molecule has 0 bridgehead atoms. The summed E-state index contributed by atoms with van der Waals surface area (Å²) in [7, 11) is 1.74. The van der Waals surface area contributed by atoms with Crippen LogP contribution in [0.5, 0.6) is 0 Å². The number of nitrogens with two attached hydrogens (primary N) is 1. The molecule has 1 aliphatic heterocycles. The topological polar surface area (TPSA) is 67.6 Å². The van der Waals surface area contributed by atoms with Gasteiger partial charge in [-0.1, -0.05) is 0 Å². The number of nitrogen functional groups attached to an aromatic ring is 1. The summed E-state index contributed by atoms with van der Waals surface area (Å²) in [4.78, 5) is 14.1. The molecular weight excluding hydrogens is 254 g/mol. The number of carbonyl (C=O) groups is 1. The highest BCUT2D eigenvalue weighted by molar-refractivity contribution is 5.96. The van der Waals surface area contributed by atoms with Gasteiger partial charge < -0.3 is 20.7 Å². The van der Waals surface area contributed by atoms with Gasteiger partial charge in [0.15, 0.2) is 0 Å². The number of nitrogens with zero attached hydrogens (tertiary/aromatic N) is 1. The van der Waals surface area contributed by atoms with Crippen molar-refractivity contribution in [3.05, 3.63) is 23.8 Å². The molecule has 1 heterocycles. The van der Waals surface area contributed by atoms with Crippen molar-refractivity contribution >= 4 is 17.3 Å². The predicted molar refractivity (Wildman–Crippen MR) is 81.1 cm³/mol. The maximum atomic E-state index is 11.9. The zero-order chi connectivity index (χ0) is 14.5. The SMILES string of the molecule is CCNC(=O)c1ccc(N)c(N2CCCC(OC)C2)c1. The number of rotatable bonds is 4. The van der Waals surface area contributed by atoms with Gasteiger partial charge in [0, 0.05) is 32.3 Å². The van der Waals surface area contributed by atoms with E-state index in [0.717, 1.165) is 31.6 Å². The van der Waals surface area contributed by atoms with Crippen LogP contribution < -0.4 is 16.0 Å². The van der Waals surface area contributed by atoms with E-state index in [0.29, 0.717) is 17.8 Å². The molecule has 110 valence electrons. The Hall–Kier alpha value is -1.75. The van der Waals surface area contributed by atoms with E-state index < -0.39 is 0 Å². The summed E-state index contributed by atoms with van der Waals surface area (Å²) in [6.07, 6.45) is 2.38. The summed E-state index contributed by atoms with van der Waals surface area (Å²) in [5.41, 5.74) is 8.35. The zero-order valence-corrected chi connectivity index (χ0v) is 12.2. The summed E-state index contributed by atoms with van der Waals surface area (Å²) in [5.74, 6) is -0.0611. The lowest BCUT2D eigenvalue weighted by Crippen LogP contribution is -2.39. The standard InChI is InChI=1S/C15H23N3O2/c1-3-17-15(19)11-6-7-13(16)14(9-11)18-8-4-5-12(10-18)20-2/h6-7,9,12H,3-5,8,10,16H2,1-2H3,(H,17,19). The molecule has 0 radical (unpaired) electrons. The van der Waals surface area contributed by atoms with Gasteiger partial charge in [0.25, 0.3) is 5.91 Å². The highest BCUT2D eigenvalue weighted by Crippen LogP contribution is 2.28. The summed E-state index contributed by atoms with van der Waals surface area (Å²) >= 11 is 0. The van der Waals surface area contributed by atoms with Crippen LogP contribution in [0, 0.1) is 0 Å². The van der Waals surface area contributed by atoms with E-state index in [1.165, 1.54) is 0 Å². The molecule has 3 N–H and O–H groups in total. The number of ether oxygens (including phenoxy) is 1. The van der Waals surface area contributed by atoms with E-state index in [-0.39, 0.29) is 12.0 Å². The van der Waals surface area contributed by atoms with E-state index in [1.807, 2.05) is 13.0 Å². The van der Waals surface area contributed by atoms with Crippen molar-refractivity contribution in [2.24, 2.45) is 0 Å². The lowest BCUT2D eigenvalue weighted by molar-refractivity contribution is 0.0894. The molecule has 0 spiro atoms. The molecule has 1 saturated heterocycles. The molecule has 1 aliphatic rings. The van der Waals surface area contributed by atoms with E-state index in [2.05, 4.69) is 10.2 Å². The van der Waals surface area contributed by atoms with Gasteiger partial charge in [-0.15, -0.1) is 0 Å². The van der Waals surface area contributed by atoms with Crippen LogP contribution >= 0.6 is 0 Å². The minimum atomic E-state index is -0.0611. The second kappa shape index (κ2) is 6.61. The minimum absolute atomic E-state index is 0.0611. The number of piperidine rings is 1. The molecule has 5 nitrogen and oxygen atoms in total. The van der Waals surface area contributed by atoms with Crippen LogP contribution in [0.25, 0.3) is 0 Å². The molecule has 1 aromatic rings. The fourth-order valence-corrected chi connectivity index (χ4v) is 2.57. The Bertz CT molecular complexity index is 476. The van der Waals surface area contributed by atoms with Gasteiger partial charge >= 0.3 is 0 Å². The molecule has 1 aromatic carbocycles. The van der Waals surface area contributed by atoms with Crippen LogP contribution in [0.1, 0.15) is 30.1 Å². The maximum absolute atomic E-state index is 11.9. The highest BCUT2D eigenvalue weighted by Gasteiger charge is 2.21. The van der Waals surface area contributed by atoms with Crippen LogP contribution in [-0.4, -0.2) is 38.8 Å². The Balaban J connectivity index is 2.21. The van der Waals surface area contributed by atoms with Crippen molar-refractivity contribution in [1.82, 2.24) is 5.32 Å². The van der Waals surface area contributed by atoms with Gasteiger partial charge in [0.1, 0.15) is 0 Å². The predicted octanol–water partition coefficient (Wildman–Crippen LogP) is 1.63. The average Bonchev–Trinajstić information content (AvgIpc) is 2.48. The molecule has 1 atom stereocenters. The third-order valence-electron chi connectivity index (χ3n) is 3.68. The Morgan fingerprint density at radius 2 is 2.35 bits per heavy atom. The van der Waals surface area contributed by atoms with Crippen LogP contribution in [0.3, 0.4) is 0 Å². The Kier molecular flexibility index (Phi) is 4.84. The van der Waals surface area contributed by atoms with Crippen LogP contribution in [0.15, 0.2) is 18.2 Å². The number of methoxy groups -OCH3 is 1. The first kappa shape index (κ1) is 14.7. The first-order valence-electron chi connectivity index (χ1n) is 7.11. The minimum Gasteiger partial charge on any atom is -0.397 e. The fraction of sp³-hybridized carbons (Fsp3) is 0.533. The normalized spacial score (nSPS) is 18.9. The Morgan fingerprint density at radius 3 is 3.05 bits per heavy atom. The molecule has 2 rings (SSSR count). The third kappa shape index (κ3) is 3.22. The molecular formula is C15H23N3O2. The average molecular weight is 277 g/mol. The number of carbonyl (C=O) groups excluding carboxylic acids is 1. The van der Waals surface area contributed by atoms with Gasteiger partial charge in [0.05, 0.1) is 17.5 Å². The molecule has 0 aliphatic carbocycles. The molecule has 1 fully saturated rings. The van der Waals surface area contributed by atoms with Crippen LogP contribution in [0.2, 0.25) is 0 Å². The third-order valence-corrected chi connectivity index (χ3v) is 3.68. The molecule has 20 heavy (non-hydrogen) atoms. The highest BCUT2D eigenvalue weighted by atomic mass is 16.5. The maximum Gasteiger partial charge on any atom is 0.251 e. The van der Waals surface area contributed by atoms with Crippen molar-refractivity contribution in [3.8, 4) is 0 Å². The quantitative estimate of drug-likeness (QED) is 0.821. The zero-order valence-electron chi connectivity index (χ0n) is 12.2. The van der Waals surface area contributed by atoms with Gasteiger partial charge in [-0.3, -0.25) is 4.79 Å². The van der Waals surface area contributed by atoms with Crippen molar-refractivity contribution in [2.75, 3.05) is 37.4 Å². The lowest BCUT2D eigenvalue weighted by atomic mass is 10.1. The number of amides is 1. The second-order valence-electron chi connectivity index (χ2n) is 5.08. The van der Waals surface area contributed by atoms with Crippen LogP contribution in [-0.2, 0) is 4.74 Å². The summed E-state index contributed by atoms with van der Waals surface area (Å²) in [5, 5.41) is 2.81. The molecule has 1 unspecified atom stereocenters. The van der Waals surface area contributed by atoms with Crippen molar-refractivity contribution in [3.63, 3.8) is 0 Å². The fourth-order valence-electron chi connectivity index (χ4n) is 2.57. The first-order chi connectivity index (χ1) is 9.65. The first-order valence-corrected chi connectivity index (χ1v) is 7.11. The Morgan fingerprint density at radius 1 is 1.55 bits per heavy atom. The molecule has 1 amide bonds. The van der Waals surface area contributed by atoms with Crippen LogP contribution in [0.4, 0.5) is 11.4 Å². The number of hydrogen-bond acceptors (Lipinski definition) is 4. The largest absolute Gasteiger partial charge is 0.397 e. The second-order valence-corrected chi connectivity index (χ2v) is 5.08. The molecule has 0 saturated carbocycles. The smallest absolute Gasteiger partial charge is 0.251 e. The molecule has 0 aromatic heterocycles. The summed E-state index contributed by atoms with van der Waals surface area (Å²) in [6, 6.07) is 5.44. The monoisotopic (exact) mass is 277 g/mol.